The molecule has 1 N–H and O–H groups in total. The number of anilines is 2. The Morgan fingerprint density at radius 1 is 1.03 bits per heavy atom. The van der Waals surface area contributed by atoms with Crippen LogP contribution >= 0.6 is 11.8 Å². The lowest BCUT2D eigenvalue weighted by molar-refractivity contribution is -0.120. The molecule has 1 atom stereocenters. The number of carbonyl (C=O) groups excluding carboxylic acids is 1. The minimum absolute atomic E-state index is 0.0554. The van der Waals surface area contributed by atoms with E-state index in [1.54, 1.807) is 57.6 Å². The summed E-state index contributed by atoms with van der Waals surface area (Å²) >= 11 is 1.58. The van der Waals surface area contributed by atoms with Crippen molar-refractivity contribution >= 4 is 29.2 Å². The number of nitrogens with one attached hydrogen (secondary N) is 1. The highest BCUT2D eigenvalue weighted by atomic mass is 32.2. The number of hydrogen-bond acceptors (Lipinski definition) is 8. The number of methoxy groups -OCH3 is 3. The maximum absolute atomic E-state index is 13.2. The summed E-state index contributed by atoms with van der Waals surface area (Å²) in [4.78, 5) is 25.6. The molecule has 2 heterocycles. The molecule has 3 aromatic rings. The van der Waals surface area contributed by atoms with Crippen LogP contribution in [0.2, 0.25) is 0 Å². The molecule has 1 fully saturated rings. The minimum atomic E-state index is -0.190. The van der Waals surface area contributed by atoms with Crippen molar-refractivity contribution in [3.05, 3.63) is 54.9 Å². The first-order valence-corrected chi connectivity index (χ1v) is 11.8. The minimum Gasteiger partial charge on any atom is -0.493 e. The summed E-state index contributed by atoms with van der Waals surface area (Å²) in [5.41, 5.74) is 0.594. The van der Waals surface area contributed by atoms with Crippen LogP contribution in [-0.4, -0.2) is 50.3 Å². The number of piperidine rings is 1. The summed E-state index contributed by atoms with van der Waals surface area (Å²) in [5, 5.41) is 3.85. The second-order valence-corrected chi connectivity index (χ2v) is 8.85. The summed E-state index contributed by atoms with van der Waals surface area (Å²) in [7, 11) is 4.65. The third-order valence-corrected chi connectivity index (χ3v) is 6.62. The second-order valence-electron chi connectivity index (χ2n) is 7.79. The Bertz CT molecular complexity index is 1100. The van der Waals surface area contributed by atoms with E-state index in [1.807, 2.05) is 30.3 Å². The molecule has 1 saturated heterocycles. The molecule has 0 spiro atoms. The first-order valence-electron chi connectivity index (χ1n) is 11.0. The fraction of sp³-hybridized carbons (Fsp3) is 0.320. The van der Waals surface area contributed by atoms with Gasteiger partial charge < -0.3 is 24.4 Å². The van der Waals surface area contributed by atoms with E-state index in [1.165, 1.54) is 0 Å². The van der Waals surface area contributed by atoms with Gasteiger partial charge in [0, 0.05) is 48.2 Å². The third-order valence-electron chi connectivity index (χ3n) is 5.63. The lowest BCUT2D eigenvalue weighted by Crippen LogP contribution is -2.41. The molecule has 4 rings (SSSR count). The van der Waals surface area contributed by atoms with Gasteiger partial charge in [-0.3, -0.25) is 4.79 Å². The number of nitrogens with zero attached hydrogens (tertiary/aromatic N) is 3. The summed E-state index contributed by atoms with van der Waals surface area (Å²) in [5.74, 6) is 2.03. The molecule has 0 bridgehead atoms. The molecule has 34 heavy (non-hydrogen) atoms. The number of aromatic nitrogens is 2. The number of rotatable bonds is 8. The quantitative estimate of drug-likeness (QED) is 0.504. The Balaban J connectivity index is 1.49. The lowest BCUT2D eigenvalue weighted by Gasteiger charge is -2.33. The first kappa shape index (κ1) is 23.7. The molecule has 1 aliphatic heterocycles. The zero-order valence-corrected chi connectivity index (χ0v) is 20.3. The Hall–Kier alpha value is -3.46. The topological polar surface area (TPSA) is 85.8 Å². The second kappa shape index (κ2) is 11.1. The van der Waals surface area contributed by atoms with E-state index in [9.17, 15) is 4.79 Å². The summed E-state index contributed by atoms with van der Waals surface area (Å²) < 4.78 is 16.2. The molecule has 0 saturated carbocycles. The van der Waals surface area contributed by atoms with E-state index in [2.05, 4.69) is 20.2 Å². The monoisotopic (exact) mass is 480 g/mol. The molecule has 1 amide bonds. The van der Waals surface area contributed by atoms with E-state index in [-0.39, 0.29) is 11.8 Å². The highest BCUT2D eigenvalue weighted by Gasteiger charge is 2.28. The van der Waals surface area contributed by atoms with E-state index in [0.717, 1.165) is 35.1 Å². The fourth-order valence-electron chi connectivity index (χ4n) is 3.99. The molecule has 0 unspecified atom stereocenters. The van der Waals surface area contributed by atoms with Gasteiger partial charge in [0.05, 0.1) is 27.2 Å². The van der Waals surface area contributed by atoms with Gasteiger partial charge in [-0.1, -0.05) is 30.0 Å². The van der Waals surface area contributed by atoms with Gasteiger partial charge in [-0.15, -0.1) is 0 Å². The highest BCUT2D eigenvalue weighted by molar-refractivity contribution is 7.99. The van der Waals surface area contributed by atoms with E-state index < -0.39 is 0 Å². The van der Waals surface area contributed by atoms with Crippen LogP contribution in [0.4, 0.5) is 11.5 Å². The molecule has 8 nitrogen and oxygen atoms in total. The number of benzene rings is 2. The largest absolute Gasteiger partial charge is 0.493 e. The first-order chi connectivity index (χ1) is 16.6. The molecule has 0 aliphatic carbocycles. The summed E-state index contributed by atoms with van der Waals surface area (Å²) in [6.07, 6.45) is 5.09. The van der Waals surface area contributed by atoms with Crippen LogP contribution in [-0.2, 0) is 4.79 Å². The van der Waals surface area contributed by atoms with Crippen LogP contribution in [0.25, 0.3) is 0 Å². The molecule has 178 valence electrons. The number of hydrogen-bond donors (Lipinski definition) is 1. The number of carbonyl (C=O) groups is 1. The van der Waals surface area contributed by atoms with Crippen LogP contribution in [0, 0.1) is 5.92 Å². The zero-order valence-electron chi connectivity index (χ0n) is 19.5. The van der Waals surface area contributed by atoms with Gasteiger partial charge in [-0.2, -0.15) is 0 Å². The molecular weight excluding hydrogens is 452 g/mol. The van der Waals surface area contributed by atoms with E-state index >= 15 is 0 Å². The van der Waals surface area contributed by atoms with Gasteiger partial charge in [-0.05, 0) is 25.0 Å². The average molecular weight is 481 g/mol. The Kier molecular flexibility index (Phi) is 7.74. The van der Waals surface area contributed by atoms with Crippen molar-refractivity contribution in [3.63, 3.8) is 0 Å². The van der Waals surface area contributed by atoms with Crippen molar-refractivity contribution in [1.29, 1.82) is 0 Å². The maximum Gasteiger partial charge on any atom is 0.229 e. The van der Waals surface area contributed by atoms with Gasteiger partial charge in [0.15, 0.2) is 17.3 Å². The molecule has 2 aromatic carbocycles. The lowest BCUT2D eigenvalue weighted by atomic mass is 9.97. The van der Waals surface area contributed by atoms with Gasteiger partial charge >= 0.3 is 0 Å². The van der Waals surface area contributed by atoms with E-state index in [0.29, 0.717) is 29.5 Å². The van der Waals surface area contributed by atoms with Gasteiger partial charge in [0.1, 0.15) is 5.03 Å². The van der Waals surface area contributed by atoms with E-state index in [4.69, 9.17) is 14.2 Å². The number of ether oxygens (including phenoxy) is 3. The van der Waals surface area contributed by atoms with Crippen molar-refractivity contribution in [1.82, 2.24) is 9.97 Å². The Morgan fingerprint density at radius 2 is 1.74 bits per heavy atom. The molecule has 1 aromatic heterocycles. The van der Waals surface area contributed by atoms with Crippen molar-refractivity contribution in [2.45, 2.75) is 22.8 Å². The average Bonchev–Trinajstić information content (AvgIpc) is 2.89. The van der Waals surface area contributed by atoms with Gasteiger partial charge in [-0.25, -0.2) is 9.97 Å². The van der Waals surface area contributed by atoms with Crippen molar-refractivity contribution in [2.24, 2.45) is 5.92 Å². The zero-order chi connectivity index (χ0) is 23.9. The van der Waals surface area contributed by atoms with Crippen LogP contribution in [0.5, 0.6) is 17.2 Å². The molecule has 9 heteroatoms. The fourth-order valence-corrected chi connectivity index (χ4v) is 4.89. The van der Waals surface area contributed by atoms with Crippen molar-refractivity contribution in [3.8, 4) is 17.2 Å². The molecular formula is C25H28N4O4S. The van der Waals surface area contributed by atoms with Crippen molar-refractivity contribution < 1.29 is 19.0 Å². The number of amides is 1. The third kappa shape index (κ3) is 5.36. The van der Waals surface area contributed by atoms with Crippen LogP contribution in [0.3, 0.4) is 0 Å². The highest BCUT2D eigenvalue weighted by Crippen LogP contribution is 2.40. The molecule has 0 radical (unpaired) electrons. The summed E-state index contributed by atoms with van der Waals surface area (Å²) in [6.45, 7) is 1.40. The van der Waals surface area contributed by atoms with Crippen molar-refractivity contribution in [2.75, 3.05) is 44.6 Å². The van der Waals surface area contributed by atoms with Crippen LogP contribution in [0.15, 0.2) is 64.8 Å². The van der Waals surface area contributed by atoms with Gasteiger partial charge in [0.2, 0.25) is 11.7 Å². The maximum atomic E-state index is 13.2. The summed E-state index contributed by atoms with van der Waals surface area (Å²) in [6, 6.07) is 13.6. The Labute approximate surface area is 203 Å². The normalized spacial score (nSPS) is 15.5. The predicted octanol–water partition coefficient (Wildman–Crippen LogP) is 4.51. The SMILES string of the molecule is COc1cc(NC(=O)[C@H]2CCCN(c3nccnc3Sc3ccccc3)C2)cc(OC)c1OC. The standard InChI is InChI=1S/C25H28N4O4S/c1-31-20-14-18(15-21(32-2)22(20)33-3)28-24(30)17-8-7-13-29(16-17)23-25(27-12-11-26-23)34-19-9-5-4-6-10-19/h4-6,9-12,14-15,17H,7-8,13,16H2,1-3H3,(H,28,30)/t17-/m0/s1. The van der Waals surface area contributed by atoms with Crippen LogP contribution in [0.1, 0.15) is 12.8 Å². The van der Waals surface area contributed by atoms with Crippen LogP contribution < -0.4 is 24.4 Å². The van der Waals surface area contributed by atoms with Gasteiger partial charge in [0.25, 0.3) is 0 Å². The molecule has 1 aliphatic rings. The smallest absolute Gasteiger partial charge is 0.229 e. The Morgan fingerprint density at radius 3 is 2.41 bits per heavy atom. The predicted molar refractivity (Wildman–Crippen MR) is 132 cm³/mol.